The van der Waals surface area contributed by atoms with Crippen LogP contribution in [-0.2, 0) is 11.2 Å². The minimum atomic E-state index is 0.763. The first-order chi connectivity index (χ1) is 8.40. The molecule has 3 heteroatoms. The fourth-order valence-electron chi connectivity index (χ4n) is 1.53. The van der Waals surface area contributed by atoms with Crippen molar-refractivity contribution in [2.75, 3.05) is 0 Å². The molecule has 1 aromatic heterocycles. The molecule has 2 rings (SSSR count). The van der Waals surface area contributed by atoms with Gasteiger partial charge in [-0.25, -0.2) is 0 Å². The fourth-order valence-corrected chi connectivity index (χ4v) is 1.53. The van der Waals surface area contributed by atoms with Crippen LogP contribution in [0.1, 0.15) is 5.56 Å². The minimum absolute atomic E-state index is 0.763. The number of rotatable bonds is 4. The standard InChI is InChI=1S/C14H12N2O/c17-11-2-1-4-12-6-8-13(9-7-12)14-5-3-10-15-16-14/h1-3,5-11H,4H2. The molecule has 0 aliphatic rings. The summed E-state index contributed by atoms with van der Waals surface area (Å²) in [6, 6.07) is 11.9. The second kappa shape index (κ2) is 5.70. The van der Waals surface area contributed by atoms with Gasteiger partial charge in [0.05, 0.1) is 5.69 Å². The Hall–Kier alpha value is -2.29. The summed E-state index contributed by atoms with van der Waals surface area (Å²) in [4.78, 5) is 10.1. The van der Waals surface area contributed by atoms with E-state index in [0.29, 0.717) is 0 Å². The van der Waals surface area contributed by atoms with E-state index in [2.05, 4.69) is 10.2 Å². The molecule has 0 radical (unpaired) electrons. The summed E-state index contributed by atoms with van der Waals surface area (Å²) in [7, 11) is 0. The number of benzene rings is 1. The van der Waals surface area contributed by atoms with Gasteiger partial charge in [0.15, 0.2) is 0 Å². The van der Waals surface area contributed by atoms with E-state index in [1.807, 2.05) is 42.5 Å². The summed E-state index contributed by atoms with van der Waals surface area (Å²) in [5.74, 6) is 0. The van der Waals surface area contributed by atoms with Crippen molar-refractivity contribution >= 4 is 6.29 Å². The molecule has 1 heterocycles. The van der Waals surface area contributed by atoms with Crippen LogP contribution in [-0.4, -0.2) is 16.5 Å². The zero-order valence-electron chi connectivity index (χ0n) is 9.28. The first kappa shape index (κ1) is 11.2. The molecule has 0 N–H and O–H groups in total. The van der Waals surface area contributed by atoms with Gasteiger partial charge < -0.3 is 0 Å². The summed E-state index contributed by atoms with van der Waals surface area (Å²) < 4.78 is 0. The Balaban J connectivity index is 2.13. The molecular weight excluding hydrogens is 212 g/mol. The predicted molar refractivity (Wildman–Crippen MR) is 66.4 cm³/mol. The predicted octanol–water partition coefficient (Wildman–Crippen LogP) is 2.44. The molecule has 0 saturated carbocycles. The van der Waals surface area contributed by atoms with Gasteiger partial charge in [0, 0.05) is 11.8 Å². The van der Waals surface area contributed by atoms with Crippen LogP contribution < -0.4 is 0 Å². The molecule has 0 aliphatic heterocycles. The maximum Gasteiger partial charge on any atom is 0.142 e. The molecule has 1 aromatic carbocycles. The van der Waals surface area contributed by atoms with Crippen LogP contribution in [0.25, 0.3) is 11.3 Å². The van der Waals surface area contributed by atoms with Crippen molar-refractivity contribution < 1.29 is 4.79 Å². The van der Waals surface area contributed by atoms with Crippen LogP contribution in [0, 0.1) is 0 Å². The van der Waals surface area contributed by atoms with E-state index >= 15 is 0 Å². The SMILES string of the molecule is O=CC=CCc1ccc(-c2cccnn2)cc1. The van der Waals surface area contributed by atoms with Crippen molar-refractivity contribution in [2.45, 2.75) is 6.42 Å². The Bertz CT molecular complexity index is 504. The van der Waals surface area contributed by atoms with Crippen LogP contribution in [0.4, 0.5) is 0 Å². The molecule has 0 bridgehead atoms. The molecule has 0 atom stereocenters. The molecule has 0 saturated heterocycles. The zero-order chi connectivity index (χ0) is 11.9. The molecule has 2 aromatic rings. The molecule has 0 amide bonds. The Morgan fingerprint density at radius 3 is 2.59 bits per heavy atom. The lowest BCUT2D eigenvalue weighted by Gasteiger charge is -2.01. The van der Waals surface area contributed by atoms with Crippen molar-refractivity contribution in [2.24, 2.45) is 0 Å². The molecule has 3 nitrogen and oxygen atoms in total. The van der Waals surface area contributed by atoms with Crippen molar-refractivity contribution in [1.29, 1.82) is 0 Å². The van der Waals surface area contributed by atoms with Crippen molar-refractivity contribution in [3.05, 3.63) is 60.3 Å². The lowest BCUT2D eigenvalue weighted by atomic mass is 10.1. The first-order valence-electron chi connectivity index (χ1n) is 5.37. The highest BCUT2D eigenvalue weighted by Gasteiger charge is 1.98. The Labute approximate surface area is 99.8 Å². The highest BCUT2D eigenvalue weighted by atomic mass is 16.1. The van der Waals surface area contributed by atoms with Crippen molar-refractivity contribution in [1.82, 2.24) is 10.2 Å². The topological polar surface area (TPSA) is 42.9 Å². The normalized spacial score (nSPS) is 10.6. The summed E-state index contributed by atoms with van der Waals surface area (Å²) >= 11 is 0. The number of carbonyl (C=O) groups is 1. The largest absolute Gasteiger partial charge is 0.299 e. The third kappa shape index (κ3) is 3.08. The number of aldehydes is 1. The average Bonchev–Trinajstić information content (AvgIpc) is 2.41. The molecule has 17 heavy (non-hydrogen) atoms. The summed E-state index contributed by atoms with van der Waals surface area (Å²) in [5.41, 5.74) is 3.07. The fraction of sp³-hybridized carbons (Fsp3) is 0.0714. The number of hydrogen-bond donors (Lipinski definition) is 0. The van der Waals surface area contributed by atoms with Gasteiger partial charge in [0.2, 0.25) is 0 Å². The van der Waals surface area contributed by atoms with E-state index in [1.54, 1.807) is 6.20 Å². The minimum Gasteiger partial charge on any atom is -0.299 e. The average molecular weight is 224 g/mol. The summed E-state index contributed by atoms with van der Waals surface area (Å²) in [5, 5.41) is 7.89. The third-order valence-corrected chi connectivity index (χ3v) is 2.39. The lowest BCUT2D eigenvalue weighted by Crippen LogP contribution is -1.86. The maximum atomic E-state index is 10.1. The van der Waals surface area contributed by atoms with Gasteiger partial charge in [-0.1, -0.05) is 30.3 Å². The highest BCUT2D eigenvalue weighted by Crippen LogP contribution is 2.16. The van der Waals surface area contributed by atoms with Gasteiger partial charge in [-0.15, -0.1) is 0 Å². The van der Waals surface area contributed by atoms with E-state index in [4.69, 9.17) is 0 Å². The number of allylic oxidation sites excluding steroid dienone is 2. The van der Waals surface area contributed by atoms with E-state index < -0.39 is 0 Å². The number of hydrogen-bond acceptors (Lipinski definition) is 3. The van der Waals surface area contributed by atoms with Gasteiger partial charge in [-0.2, -0.15) is 10.2 Å². The quantitative estimate of drug-likeness (QED) is 0.591. The Morgan fingerprint density at radius 1 is 1.12 bits per heavy atom. The third-order valence-electron chi connectivity index (χ3n) is 2.39. The van der Waals surface area contributed by atoms with E-state index in [1.165, 1.54) is 6.08 Å². The molecule has 84 valence electrons. The molecular formula is C14H12N2O. The van der Waals surface area contributed by atoms with Crippen LogP contribution in [0.3, 0.4) is 0 Å². The highest BCUT2D eigenvalue weighted by molar-refractivity contribution is 5.64. The lowest BCUT2D eigenvalue weighted by molar-refractivity contribution is -0.104. The van der Waals surface area contributed by atoms with Gasteiger partial charge in [0.25, 0.3) is 0 Å². The first-order valence-corrected chi connectivity index (χ1v) is 5.37. The number of carbonyl (C=O) groups excluding carboxylic acids is 1. The molecule has 0 fully saturated rings. The molecule has 0 aliphatic carbocycles. The Kier molecular flexibility index (Phi) is 3.76. The van der Waals surface area contributed by atoms with Gasteiger partial charge in [0.1, 0.15) is 6.29 Å². The second-order valence-corrected chi connectivity index (χ2v) is 3.57. The van der Waals surface area contributed by atoms with Gasteiger partial charge >= 0.3 is 0 Å². The van der Waals surface area contributed by atoms with Crippen LogP contribution in [0.15, 0.2) is 54.7 Å². The Morgan fingerprint density at radius 2 is 1.94 bits per heavy atom. The zero-order valence-corrected chi connectivity index (χ0v) is 9.28. The smallest absolute Gasteiger partial charge is 0.142 e. The van der Waals surface area contributed by atoms with Crippen LogP contribution in [0.2, 0.25) is 0 Å². The number of nitrogens with zero attached hydrogens (tertiary/aromatic N) is 2. The van der Waals surface area contributed by atoms with E-state index in [9.17, 15) is 4.79 Å². The van der Waals surface area contributed by atoms with Crippen molar-refractivity contribution in [3.63, 3.8) is 0 Å². The summed E-state index contributed by atoms with van der Waals surface area (Å²) in [6.07, 6.45) is 6.55. The second-order valence-electron chi connectivity index (χ2n) is 3.57. The monoisotopic (exact) mass is 224 g/mol. The molecule has 0 unspecified atom stereocenters. The number of aromatic nitrogens is 2. The maximum absolute atomic E-state index is 10.1. The van der Waals surface area contributed by atoms with E-state index in [-0.39, 0.29) is 0 Å². The van der Waals surface area contributed by atoms with Crippen molar-refractivity contribution in [3.8, 4) is 11.3 Å². The van der Waals surface area contributed by atoms with Crippen LogP contribution >= 0.6 is 0 Å². The van der Waals surface area contributed by atoms with Gasteiger partial charge in [-0.3, -0.25) is 4.79 Å². The van der Waals surface area contributed by atoms with Gasteiger partial charge in [-0.05, 0) is 30.2 Å². The van der Waals surface area contributed by atoms with E-state index in [0.717, 1.165) is 29.5 Å². The molecule has 0 spiro atoms. The van der Waals surface area contributed by atoms with Crippen LogP contribution in [0.5, 0.6) is 0 Å². The summed E-state index contributed by atoms with van der Waals surface area (Å²) in [6.45, 7) is 0.